The van der Waals surface area contributed by atoms with Gasteiger partial charge in [0.25, 0.3) is 5.56 Å². The first-order valence-corrected chi connectivity index (χ1v) is 6.90. The molecule has 0 unspecified atom stereocenters. The van der Waals surface area contributed by atoms with E-state index in [2.05, 4.69) is 25.9 Å². The van der Waals surface area contributed by atoms with Gasteiger partial charge in [-0.2, -0.15) is 0 Å². The van der Waals surface area contributed by atoms with Crippen molar-refractivity contribution < 1.29 is 0 Å². The molecule has 0 atom stereocenters. The van der Waals surface area contributed by atoms with E-state index in [9.17, 15) is 4.79 Å². The van der Waals surface area contributed by atoms with Crippen molar-refractivity contribution in [2.24, 2.45) is 0 Å². The number of hydrogen-bond acceptors (Lipinski definition) is 4. The van der Waals surface area contributed by atoms with Crippen molar-refractivity contribution in [3.05, 3.63) is 64.0 Å². The molecule has 0 radical (unpaired) electrons. The van der Waals surface area contributed by atoms with Gasteiger partial charge in [0.15, 0.2) is 0 Å². The van der Waals surface area contributed by atoms with E-state index >= 15 is 0 Å². The van der Waals surface area contributed by atoms with Gasteiger partial charge in [0.05, 0.1) is 29.9 Å². The van der Waals surface area contributed by atoms with Crippen LogP contribution in [0.4, 0.5) is 5.69 Å². The molecule has 3 aromatic rings. The number of benzene rings is 1. The Morgan fingerprint density at radius 2 is 2.05 bits per heavy atom. The van der Waals surface area contributed by atoms with Crippen molar-refractivity contribution in [3.8, 4) is 0 Å². The Labute approximate surface area is 121 Å². The zero-order chi connectivity index (χ0) is 14.4. The molecule has 1 aliphatic heterocycles. The van der Waals surface area contributed by atoms with Gasteiger partial charge in [0.2, 0.25) is 0 Å². The van der Waals surface area contributed by atoms with Crippen LogP contribution in [0.1, 0.15) is 17.1 Å². The lowest BCUT2D eigenvalue weighted by Gasteiger charge is -2.19. The van der Waals surface area contributed by atoms with Crippen molar-refractivity contribution in [3.63, 3.8) is 0 Å². The second kappa shape index (κ2) is 4.41. The highest BCUT2D eigenvalue weighted by Crippen LogP contribution is 2.30. The molecule has 1 aromatic carbocycles. The van der Waals surface area contributed by atoms with Crippen LogP contribution in [-0.4, -0.2) is 15.0 Å². The number of H-pyrrole nitrogens is 1. The van der Waals surface area contributed by atoms with Crippen LogP contribution in [0.15, 0.2) is 41.3 Å². The number of para-hydroxylation sites is 1. The maximum atomic E-state index is 12.0. The van der Waals surface area contributed by atoms with Gasteiger partial charge in [-0.1, -0.05) is 18.2 Å². The van der Waals surface area contributed by atoms with Gasteiger partial charge >= 0.3 is 0 Å². The van der Waals surface area contributed by atoms with E-state index in [1.54, 1.807) is 0 Å². The first-order chi connectivity index (χ1) is 10.2. The monoisotopic (exact) mass is 278 g/mol. The number of aromatic nitrogens is 3. The zero-order valence-electron chi connectivity index (χ0n) is 11.6. The molecule has 1 aliphatic rings. The van der Waals surface area contributed by atoms with Gasteiger partial charge in [-0.25, -0.2) is 4.98 Å². The summed E-state index contributed by atoms with van der Waals surface area (Å²) in [7, 11) is 0. The van der Waals surface area contributed by atoms with Gasteiger partial charge in [-0.15, -0.1) is 0 Å². The lowest BCUT2D eigenvalue weighted by Crippen LogP contribution is -2.18. The zero-order valence-corrected chi connectivity index (χ0v) is 11.6. The quantitative estimate of drug-likeness (QED) is 0.741. The smallest absolute Gasteiger partial charge is 0.256 e. The molecular formula is C16H14N4O. The predicted molar refractivity (Wildman–Crippen MR) is 81.2 cm³/mol. The van der Waals surface area contributed by atoms with Gasteiger partial charge in [-0.3, -0.25) is 9.78 Å². The van der Waals surface area contributed by atoms with Crippen molar-refractivity contribution in [2.45, 2.75) is 20.0 Å². The van der Waals surface area contributed by atoms with Crippen molar-refractivity contribution in [1.82, 2.24) is 15.0 Å². The van der Waals surface area contributed by atoms with E-state index in [1.165, 1.54) is 0 Å². The standard InChI is InChI=1S/C16H14N4O/c1-10-18-14-9-20(8-12(14)16(21)19-10)15-6-7-17-13-5-3-2-4-11(13)15/h2-7H,8-9H2,1H3,(H,18,19,21). The fraction of sp³-hybridized carbons (Fsp3) is 0.188. The third kappa shape index (κ3) is 1.89. The number of nitrogens with one attached hydrogen (secondary N) is 1. The number of nitrogens with zero attached hydrogens (tertiary/aromatic N) is 3. The summed E-state index contributed by atoms with van der Waals surface area (Å²) in [5.74, 6) is 0.667. The number of aryl methyl sites for hydroxylation is 1. The minimum absolute atomic E-state index is 0.0293. The maximum Gasteiger partial charge on any atom is 0.256 e. The molecule has 1 N–H and O–H groups in total. The molecule has 0 amide bonds. The first kappa shape index (κ1) is 12.1. The number of fused-ring (bicyclic) bond motifs is 2. The molecule has 5 nitrogen and oxygen atoms in total. The molecule has 104 valence electrons. The summed E-state index contributed by atoms with van der Waals surface area (Å²) in [6.07, 6.45) is 1.81. The Morgan fingerprint density at radius 3 is 2.95 bits per heavy atom. The van der Waals surface area contributed by atoms with Gasteiger partial charge in [-0.05, 0) is 19.1 Å². The lowest BCUT2D eigenvalue weighted by atomic mass is 10.2. The largest absolute Gasteiger partial charge is 0.360 e. The summed E-state index contributed by atoms with van der Waals surface area (Å²) in [6.45, 7) is 3.06. The molecule has 0 aliphatic carbocycles. The summed E-state index contributed by atoms with van der Waals surface area (Å²) in [5.41, 5.74) is 3.66. The second-order valence-corrected chi connectivity index (χ2v) is 5.28. The van der Waals surface area contributed by atoms with Crippen LogP contribution >= 0.6 is 0 Å². The highest BCUT2D eigenvalue weighted by Gasteiger charge is 2.24. The van der Waals surface area contributed by atoms with Crippen LogP contribution in [0.2, 0.25) is 0 Å². The van der Waals surface area contributed by atoms with E-state index in [0.29, 0.717) is 18.9 Å². The SMILES string of the molecule is Cc1nc2c(c(=O)[nH]1)CN(c1ccnc3ccccc13)C2. The Bertz CT molecular complexity index is 895. The Kier molecular flexibility index (Phi) is 2.54. The van der Waals surface area contributed by atoms with Gasteiger partial charge in [0, 0.05) is 17.3 Å². The number of aromatic amines is 1. The normalized spacial score (nSPS) is 13.7. The molecule has 5 heteroatoms. The molecule has 0 saturated carbocycles. The Balaban J connectivity index is 1.83. The Hall–Kier alpha value is -2.69. The summed E-state index contributed by atoms with van der Waals surface area (Å²) < 4.78 is 0. The second-order valence-electron chi connectivity index (χ2n) is 5.28. The number of anilines is 1. The number of pyridine rings is 1. The minimum atomic E-state index is -0.0293. The summed E-state index contributed by atoms with van der Waals surface area (Å²) in [6, 6.07) is 10.0. The van der Waals surface area contributed by atoms with Crippen LogP contribution < -0.4 is 10.5 Å². The van der Waals surface area contributed by atoms with Gasteiger partial charge < -0.3 is 9.88 Å². The van der Waals surface area contributed by atoms with E-state index in [1.807, 2.05) is 37.4 Å². The molecule has 0 spiro atoms. The third-order valence-electron chi connectivity index (χ3n) is 3.88. The van der Waals surface area contributed by atoms with Crippen LogP contribution in [0.25, 0.3) is 10.9 Å². The molecule has 21 heavy (non-hydrogen) atoms. The fourth-order valence-corrected chi connectivity index (χ4v) is 2.92. The molecular weight excluding hydrogens is 264 g/mol. The third-order valence-corrected chi connectivity index (χ3v) is 3.88. The molecule has 0 fully saturated rings. The van der Waals surface area contributed by atoms with E-state index in [0.717, 1.165) is 27.8 Å². The topological polar surface area (TPSA) is 61.9 Å². The van der Waals surface area contributed by atoms with E-state index in [-0.39, 0.29) is 5.56 Å². The molecule has 2 aromatic heterocycles. The van der Waals surface area contributed by atoms with E-state index < -0.39 is 0 Å². The van der Waals surface area contributed by atoms with Crippen LogP contribution in [0.3, 0.4) is 0 Å². The van der Waals surface area contributed by atoms with E-state index in [4.69, 9.17) is 0 Å². The summed E-state index contributed by atoms with van der Waals surface area (Å²) >= 11 is 0. The van der Waals surface area contributed by atoms with Gasteiger partial charge in [0.1, 0.15) is 5.82 Å². The molecule has 3 heterocycles. The maximum absolute atomic E-state index is 12.0. The highest BCUT2D eigenvalue weighted by atomic mass is 16.1. The Morgan fingerprint density at radius 1 is 1.19 bits per heavy atom. The number of hydrogen-bond donors (Lipinski definition) is 1. The summed E-state index contributed by atoms with van der Waals surface area (Å²) in [5, 5.41) is 1.10. The molecule has 0 bridgehead atoms. The van der Waals surface area contributed by atoms with Crippen LogP contribution in [0.5, 0.6) is 0 Å². The van der Waals surface area contributed by atoms with Crippen LogP contribution in [0, 0.1) is 6.92 Å². The van der Waals surface area contributed by atoms with Crippen molar-refractivity contribution in [2.75, 3.05) is 4.90 Å². The summed E-state index contributed by atoms with van der Waals surface area (Å²) in [4.78, 5) is 25.8. The average molecular weight is 278 g/mol. The fourth-order valence-electron chi connectivity index (χ4n) is 2.92. The first-order valence-electron chi connectivity index (χ1n) is 6.90. The molecule has 4 rings (SSSR count). The lowest BCUT2D eigenvalue weighted by molar-refractivity contribution is 0.871. The predicted octanol–water partition coefficient (Wildman–Crippen LogP) is 2.15. The minimum Gasteiger partial charge on any atom is -0.360 e. The average Bonchev–Trinajstić information content (AvgIpc) is 2.90. The van der Waals surface area contributed by atoms with Crippen molar-refractivity contribution >= 4 is 16.6 Å². The molecule has 0 saturated heterocycles. The number of rotatable bonds is 1. The highest BCUT2D eigenvalue weighted by molar-refractivity contribution is 5.91. The van der Waals surface area contributed by atoms with Crippen molar-refractivity contribution in [1.29, 1.82) is 0 Å². The van der Waals surface area contributed by atoms with Crippen LogP contribution in [-0.2, 0) is 13.1 Å².